The number of hydrogen-bond acceptors (Lipinski definition) is 3. The highest BCUT2D eigenvalue weighted by atomic mass is 15.2. The first-order valence-corrected chi connectivity index (χ1v) is 6.91. The second kappa shape index (κ2) is 5.19. The first kappa shape index (κ1) is 11.2. The molecule has 0 bridgehead atoms. The molecule has 0 unspecified atom stereocenters. The number of rotatable bonds is 5. The molecule has 4 heteroatoms. The first-order valence-electron chi connectivity index (χ1n) is 6.91. The molecule has 0 radical (unpaired) electrons. The Kier molecular flexibility index (Phi) is 3.43. The Labute approximate surface area is 103 Å². The van der Waals surface area contributed by atoms with Gasteiger partial charge in [0.1, 0.15) is 0 Å². The Morgan fingerprint density at radius 1 is 1.18 bits per heavy atom. The highest BCUT2D eigenvalue weighted by molar-refractivity contribution is 5.29. The van der Waals surface area contributed by atoms with Crippen molar-refractivity contribution in [3.05, 3.63) is 17.0 Å². The Morgan fingerprint density at radius 2 is 2.06 bits per heavy atom. The lowest BCUT2D eigenvalue weighted by Crippen LogP contribution is -2.29. The number of H-pyrrole nitrogens is 1. The van der Waals surface area contributed by atoms with E-state index in [4.69, 9.17) is 0 Å². The summed E-state index contributed by atoms with van der Waals surface area (Å²) in [7, 11) is 0. The Balaban J connectivity index is 1.41. The van der Waals surface area contributed by atoms with Crippen LogP contribution in [0.2, 0.25) is 0 Å². The van der Waals surface area contributed by atoms with Gasteiger partial charge in [-0.05, 0) is 50.8 Å². The number of nitrogens with one attached hydrogen (secondary N) is 2. The second-order valence-corrected chi connectivity index (χ2v) is 5.21. The summed E-state index contributed by atoms with van der Waals surface area (Å²) in [5, 5.41) is 11.1. The number of likely N-dealkylation sites (tertiary alicyclic amines) is 1. The third kappa shape index (κ3) is 2.53. The van der Waals surface area contributed by atoms with Gasteiger partial charge in [-0.2, -0.15) is 5.10 Å². The van der Waals surface area contributed by atoms with Crippen molar-refractivity contribution in [3.8, 4) is 0 Å². The quantitative estimate of drug-likeness (QED) is 0.749. The predicted octanol–water partition coefficient (Wildman–Crippen LogP) is 1.08. The number of aromatic nitrogens is 2. The Hall–Kier alpha value is -0.870. The summed E-state index contributed by atoms with van der Waals surface area (Å²) in [6, 6.07) is 0. The molecule has 1 aromatic heterocycles. The van der Waals surface area contributed by atoms with Gasteiger partial charge in [0.05, 0.1) is 5.69 Å². The number of nitrogens with zero attached hydrogens (tertiary/aromatic N) is 2. The average molecular weight is 234 g/mol. The third-order valence-corrected chi connectivity index (χ3v) is 3.99. The van der Waals surface area contributed by atoms with E-state index in [1.807, 2.05) is 0 Å². The third-order valence-electron chi connectivity index (χ3n) is 3.99. The van der Waals surface area contributed by atoms with Gasteiger partial charge in [0.15, 0.2) is 0 Å². The van der Waals surface area contributed by atoms with E-state index in [2.05, 4.69) is 20.4 Å². The summed E-state index contributed by atoms with van der Waals surface area (Å²) in [5.41, 5.74) is 4.11. The van der Waals surface area contributed by atoms with Crippen LogP contribution >= 0.6 is 0 Å². The van der Waals surface area contributed by atoms with Gasteiger partial charge in [-0.15, -0.1) is 0 Å². The van der Waals surface area contributed by atoms with Crippen molar-refractivity contribution < 1.29 is 0 Å². The van der Waals surface area contributed by atoms with E-state index in [-0.39, 0.29) is 0 Å². The van der Waals surface area contributed by atoms with E-state index in [0.717, 1.165) is 13.1 Å². The van der Waals surface area contributed by atoms with E-state index in [1.54, 1.807) is 0 Å². The molecule has 2 heterocycles. The molecule has 0 amide bonds. The average Bonchev–Trinajstić information content (AvgIpc) is 3.03. The van der Waals surface area contributed by atoms with Crippen LogP contribution < -0.4 is 5.32 Å². The predicted molar refractivity (Wildman–Crippen MR) is 68.0 cm³/mol. The number of aromatic amines is 1. The van der Waals surface area contributed by atoms with Crippen LogP contribution in [0.25, 0.3) is 0 Å². The lowest BCUT2D eigenvalue weighted by Gasteiger charge is -2.14. The molecule has 1 saturated heterocycles. The number of aryl methyl sites for hydroxylation is 1. The molecule has 0 spiro atoms. The van der Waals surface area contributed by atoms with E-state index in [9.17, 15) is 0 Å². The van der Waals surface area contributed by atoms with Gasteiger partial charge in [0, 0.05) is 25.3 Å². The number of hydrogen-bond donors (Lipinski definition) is 2. The topological polar surface area (TPSA) is 44.0 Å². The molecule has 2 N–H and O–H groups in total. The van der Waals surface area contributed by atoms with Gasteiger partial charge < -0.3 is 10.2 Å². The molecule has 1 fully saturated rings. The molecule has 1 aliphatic carbocycles. The molecule has 0 aromatic carbocycles. The molecule has 2 aliphatic rings. The minimum Gasteiger partial charge on any atom is -0.310 e. The zero-order chi connectivity index (χ0) is 11.5. The van der Waals surface area contributed by atoms with Crippen LogP contribution in [0, 0.1) is 0 Å². The minimum atomic E-state index is 0.930. The Bertz CT molecular complexity index is 365. The second-order valence-electron chi connectivity index (χ2n) is 5.21. The van der Waals surface area contributed by atoms with Gasteiger partial charge in [-0.25, -0.2) is 0 Å². The fraction of sp³-hybridized carbons (Fsp3) is 0.769. The molecule has 0 atom stereocenters. The molecular weight excluding hydrogens is 212 g/mol. The number of fused-ring (bicyclic) bond motifs is 1. The van der Waals surface area contributed by atoms with E-state index in [1.165, 1.54) is 68.7 Å². The molecular formula is C13H22N4. The molecule has 17 heavy (non-hydrogen) atoms. The smallest absolute Gasteiger partial charge is 0.0794 e. The molecule has 3 rings (SSSR count). The fourth-order valence-electron chi connectivity index (χ4n) is 2.98. The summed E-state index contributed by atoms with van der Waals surface area (Å²) in [6.45, 7) is 5.78. The van der Waals surface area contributed by atoms with Crippen molar-refractivity contribution in [2.75, 3.05) is 26.2 Å². The molecule has 0 saturated carbocycles. The summed E-state index contributed by atoms with van der Waals surface area (Å²) in [6.07, 6.45) is 6.47. The molecule has 1 aromatic rings. The van der Waals surface area contributed by atoms with Crippen LogP contribution in [0.5, 0.6) is 0 Å². The highest BCUT2D eigenvalue weighted by Crippen LogP contribution is 2.22. The highest BCUT2D eigenvalue weighted by Gasteiger charge is 2.17. The van der Waals surface area contributed by atoms with Gasteiger partial charge >= 0.3 is 0 Å². The zero-order valence-corrected chi connectivity index (χ0v) is 10.5. The summed E-state index contributed by atoms with van der Waals surface area (Å²) < 4.78 is 0. The maximum atomic E-state index is 4.41. The van der Waals surface area contributed by atoms with Crippen LogP contribution in [-0.2, 0) is 19.4 Å². The van der Waals surface area contributed by atoms with Crippen LogP contribution in [0.4, 0.5) is 0 Å². The first-order chi connectivity index (χ1) is 8.43. The standard InChI is InChI=1S/C13H22N4/c1-2-8-17(7-1)9-6-14-10-13-11-4-3-5-12(11)15-16-13/h14H,1-10H2,(H,15,16). The summed E-state index contributed by atoms with van der Waals surface area (Å²) in [5.74, 6) is 0. The van der Waals surface area contributed by atoms with E-state index >= 15 is 0 Å². The SMILES string of the molecule is C1Cc2[nH]nc(CNCCN3CCCC3)c2C1. The van der Waals surface area contributed by atoms with Crippen LogP contribution in [0.15, 0.2) is 0 Å². The molecule has 94 valence electrons. The molecule has 4 nitrogen and oxygen atoms in total. The van der Waals surface area contributed by atoms with Crippen molar-refractivity contribution in [1.82, 2.24) is 20.4 Å². The van der Waals surface area contributed by atoms with Crippen molar-refractivity contribution in [3.63, 3.8) is 0 Å². The van der Waals surface area contributed by atoms with Crippen LogP contribution in [0.1, 0.15) is 36.2 Å². The van der Waals surface area contributed by atoms with Crippen molar-refractivity contribution in [1.29, 1.82) is 0 Å². The monoisotopic (exact) mass is 234 g/mol. The van der Waals surface area contributed by atoms with Gasteiger partial charge in [0.25, 0.3) is 0 Å². The summed E-state index contributed by atoms with van der Waals surface area (Å²) in [4.78, 5) is 2.54. The normalized spacial score (nSPS) is 20.0. The lowest BCUT2D eigenvalue weighted by atomic mass is 10.2. The fourth-order valence-corrected chi connectivity index (χ4v) is 2.98. The van der Waals surface area contributed by atoms with Crippen LogP contribution in [0.3, 0.4) is 0 Å². The van der Waals surface area contributed by atoms with E-state index in [0.29, 0.717) is 0 Å². The molecule has 1 aliphatic heterocycles. The zero-order valence-electron chi connectivity index (χ0n) is 10.5. The maximum absolute atomic E-state index is 4.41. The van der Waals surface area contributed by atoms with Crippen molar-refractivity contribution >= 4 is 0 Å². The minimum absolute atomic E-state index is 0.930. The van der Waals surface area contributed by atoms with Crippen LogP contribution in [-0.4, -0.2) is 41.3 Å². The van der Waals surface area contributed by atoms with Gasteiger partial charge in [-0.1, -0.05) is 0 Å². The largest absolute Gasteiger partial charge is 0.310 e. The van der Waals surface area contributed by atoms with Gasteiger partial charge in [-0.3, -0.25) is 5.10 Å². The maximum Gasteiger partial charge on any atom is 0.0794 e. The van der Waals surface area contributed by atoms with Gasteiger partial charge in [0.2, 0.25) is 0 Å². The Morgan fingerprint density at radius 3 is 2.94 bits per heavy atom. The lowest BCUT2D eigenvalue weighted by molar-refractivity contribution is 0.335. The van der Waals surface area contributed by atoms with Crippen molar-refractivity contribution in [2.24, 2.45) is 0 Å². The summed E-state index contributed by atoms with van der Waals surface area (Å²) >= 11 is 0. The van der Waals surface area contributed by atoms with E-state index < -0.39 is 0 Å². The van der Waals surface area contributed by atoms with Crippen molar-refractivity contribution in [2.45, 2.75) is 38.6 Å².